The Labute approximate surface area is 159 Å². The zero-order valence-corrected chi connectivity index (χ0v) is 16.2. The molecule has 0 aliphatic heterocycles. The van der Waals surface area contributed by atoms with Gasteiger partial charge in [-0.05, 0) is 43.2 Å². The molecule has 2 aromatic carbocycles. The molecule has 0 unspecified atom stereocenters. The molecule has 0 saturated carbocycles. The minimum Gasteiger partial charge on any atom is -0.363 e. The van der Waals surface area contributed by atoms with E-state index in [-0.39, 0.29) is 6.04 Å². The van der Waals surface area contributed by atoms with Gasteiger partial charge in [0.15, 0.2) is 0 Å². The summed E-state index contributed by atoms with van der Waals surface area (Å²) < 4.78 is 0. The normalized spacial score (nSPS) is 12.5. The molecule has 0 saturated heterocycles. The van der Waals surface area contributed by atoms with E-state index < -0.39 is 0 Å². The Morgan fingerprint density at radius 3 is 2.69 bits per heavy atom. The van der Waals surface area contributed by atoms with Crippen LogP contribution in [0.5, 0.6) is 0 Å². The van der Waals surface area contributed by atoms with Crippen LogP contribution in [0.1, 0.15) is 31.0 Å². The lowest BCUT2D eigenvalue weighted by Gasteiger charge is -2.19. The molecule has 0 aliphatic rings. The summed E-state index contributed by atoms with van der Waals surface area (Å²) in [7, 11) is 3.88. The van der Waals surface area contributed by atoms with E-state index in [1.807, 2.05) is 50.2 Å². The quantitative estimate of drug-likeness (QED) is 0.661. The largest absolute Gasteiger partial charge is 0.363 e. The predicted molar refractivity (Wildman–Crippen MR) is 111 cm³/mol. The van der Waals surface area contributed by atoms with Gasteiger partial charge in [0, 0.05) is 30.6 Å². The van der Waals surface area contributed by atoms with Crippen molar-refractivity contribution in [2.24, 2.45) is 0 Å². The Balaban J connectivity index is 2.05. The highest BCUT2D eigenvalue weighted by Gasteiger charge is 2.13. The van der Waals surface area contributed by atoms with Crippen LogP contribution >= 0.6 is 11.6 Å². The molecule has 0 fully saturated rings. The third-order valence-corrected chi connectivity index (χ3v) is 4.33. The lowest BCUT2D eigenvalue weighted by atomic mass is 10.1. The van der Waals surface area contributed by atoms with Crippen LogP contribution in [0, 0.1) is 6.07 Å². The number of aromatic nitrogens is 2. The maximum atomic E-state index is 6.08. The molecule has 1 atom stereocenters. The van der Waals surface area contributed by atoms with Crippen molar-refractivity contribution < 1.29 is 0 Å². The van der Waals surface area contributed by atoms with E-state index >= 15 is 0 Å². The van der Waals surface area contributed by atoms with E-state index in [9.17, 15) is 0 Å². The Morgan fingerprint density at radius 1 is 1.19 bits per heavy atom. The number of nitrogens with zero attached hydrogens (tertiary/aromatic N) is 3. The number of hydrogen-bond acceptors (Lipinski definition) is 4. The monoisotopic (exact) mass is 365 g/mol. The van der Waals surface area contributed by atoms with Crippen molar-refractivity contribution in [3.63, 3.8) is 0 Å². The van der Waals surface area contributed by atoms with Gasteiger partial charge in [-0.15, -0.1) is 0 Å². The first-order valence-corrected chi connectivity index (χ1v) is 8.91. The van der Waals surface area contributed by atoms with Crippen LogP contribution < -0.4 is 10.2 Å². The van der Waals surface area contributed by atoms with Crippen LogP contribution in [0.3, 0.4) is 0 Å². The van der Waals surface area contributed by atoms with E-state index in [0.717, 1.165) is 27.8 Å². The number of rotatable bonds is 5. The molecule has 26 heavy (non-hydrogen) atoms. The topological polar surface area (TPSA) is 41.1 Å². The summed E-state index contributed by atoms with van der Waals surface area (Å²) in [6.45, 7) is 4.09. The highest BCUT2D eigenvalue weighted by atomic mass is 35.5. The summed E-state index contributed by atoms with van der Waals surface area (Å²) in [6, 6.07) is 15.0. The highest BCUT2D eigenvalue weighted by Crippen LogP contribution is 2.28. The van der Waals surface area contributed by atoms with Gasteiger partial charge in [0.1, 0.15) is 5.82 Å². The van der Waals surface area contributed by atoms with Crippen LogP contribution in [0.25, 0.3) is 17.0 Å². The van der Waals surface area contributed by atoms with Crippen molar-refractivity contribution in [2.45, 2.75) is 19.9 Å². The summed E-state index contributed by atoms with van der Waals surface area (Å²) in [5.74, 6) is 1.48. The molecule has 4 nitrogen and oxygen atoms in total. The molecular formula is C21H22ClN4. The van der Waals surface area contributed by atoms with E-state index in [0.29, 0.717) is 11.0 Å². The second kappa shape index (κ2) is 7.75. The van der Waals surface area contributed by atoms with Crippen LogP contribution in [0.15, 0.2) is 42.5 Å². The summed E-state index contributed by atoms with van der Waals surface area (Å²) in [5.41, 5.74) is 3.11. The van der Waals surface area contributed by atoms with Gasteiger partial charge in [-0.3, -0.25) is 0 Å². The average Bonchev–Trinajstić information content (AvgIpc) is 2.61. The summed E-state index contributed by atoms with van der Waals surface area (Å²) in [5, 5.41) is 5.10. The first-order chi connectivity index (χ1) is 12.5. The van der Waals surface area contributed by atoms with Gasteiger partial charge >= 0.3 is 0 Å². The third kappa shape index (κ3) is 3.97. The molecule has 1 N–H and O–H groups in total. The lowest BCUT2D eigenvalue weighted by Crippen LogP contribution is -2.15. The average molecular weight is 366 g/mol. The van der Waals surface area contributed by atoms with Crippen molar-refractivity contribution in [1.29, 1.82) is 0 Å². The van der Waals surface area contributed by atoms with Crippen LogP contribution in [-0.4, -0.2) is 24.1 Å². The third-order valence-electron chi connectivity index (χ3n) is 4.11. The predicted octanol–water partition coefficient (Wildman–Crippen LogP) is 5.36. The number of benzene rings is 2. The van der Waals surface area contributed by atoms with Crippen molar-refractivity contribution in [2.75, 3.05) is 24.3 Å². The van der Waals surface area contributed by atoms with Gasteiger partial charge in [-0.25, -0.2) is 4.98 Å². The Kier molecular flexibility index (Phi) is 5.43. The maximum Gasteiger partial charge on any atom is 0.227 e. The standard InChI is InChI=1S/C21H22ClN4/c1-5-7-15-10-11-18-19(12-15)24-21(26(3)4)25-20(18)23-14(2)16-8-6-9-17(22)13-16/h5-8,10-14H,1-4H3,(H,23,24,25)/b7-5+/t14-/m0/s1. The van der Waals surface area contributed by atoms with E-state index in [1.54, 1.807) is 0 Å². The molecular weight excluding hydrogens is 344 g/mol. The second-order valence-corrected chi connectivity index (χ2v) is 6.79. The fourth-order valence-corrected chi connectivity index (χ4v) is 2.94. The summed E-state index contributed by atoms with van der Waals surface area (Å²) >= 11 is 6.08. The van der Waals surface area contributed by atoms with Gasteiger partial charge in [-0.1, -0.05) is 42.0 Å². The number of halogens is 1. The number of anilines is 2. The lowest BCUT2D eigenvalue weighted by molar-refractivity contribution is 0.873. The molecule has 0 spiro atoms. The van der Waals surface area contributed by atoms with Crippen molar-refractivity contribution >= 4 is 40.3 Å². The number of allylic oxidation sites excluding steroid dienone is 1. The molecule has 0 aliphatic carbocycles. The molecule has 1 radical (unpaired) electrons. The minimum absolute atomic E-state index is 0.0467. The van der Waals surface area contributed by atoms with Crippen molar-refractivity contribution in [3.05, 3.63) is 64.7 Å². The zero-order chi connectivity index (χ0) is 18.7. The molecule has 3 aromatic rings. The molecule has 0 amide bonds. The molecule has 3 rings (SSSR count). The first kappa shape index (κ1) is 18.2. The highest BCUT2D eigenvalue weighted by molar-refractivity contribution is 6.30. The second-order valence-electron chi connectivity index (χ2n) is 6.38. The number of fused-ring (bicyclic) bond motifs is 1. The molecule has 5 heteroatoms. The SMILES string of the molecule is C/C=C/c1ccc2c(N[C@@H](C)c3cc[c]c(Cl)c3)nc(N(C)C)nc2c1. The van der Waals surface area contributed by atoms with Crippen LogP contribution in [0.4, 0.5) is 11.8 Å². The minimum atomic E-state index is 0.0467. The van der Waals surface area contributed by atoms with E-state index in [4.69, 9.17) is 16.6 Å². The molecule has 1 heterocycles. The fraction of sp³-hybridized carbons (Fsp3) is 0.238. The van der Waals surface area contributed by atoms with Crippen LogP contribution in [0.2, 0.25) is 5.02 Å². The van der Waals surface area contributed by atoms with Gasteiger partial charge in [0.2, 0.25) is 5.95 Å². The van der Waals surface area contributed by atoms with Gasteiger partial charge < -0.3 is 10.2 Å². The van der Waals surface area contributed by atoms with Crippen molar-refractivity contribution in [1.82, 2.24) is 9.97 Å². The number of hydrogen-bond donors (Lipinski definition) is 1. The zero-order valence-electron chi connectivity index (χ0n) is 15.4. The van der Waals surface area contributed by atoms with E-state index in [2.05, 4.69) is 47.6 Å². The Hall–Kier alpha value is -2.59. The summed E-state index contributed by atoms with van der Waals surface area (Å²) in [6.07, 6.45) is 4.09. The molecule has 0 bridgehead atoms. The fourth-order valence-electron chi connectivity index (χ4n) is 2.75. The Bertz CT molecular complexity index is 950. The van der Waals surface area contributed by atoms with Gasteiger partial charge in [0.05, 0.1) is 11.6 Å². The van der Waals surface area contributed by atoms with Crippen molar-refractivity contribution in [3.8, 4) is 0 Å². The van der Waals surface area contributed by atoms with E-state index in [1.165, 1.54) is 0 Å². The molecule has 1 aromatic heterocycles. The summed E-state index contributed by atoms with van der Waals surface area (Å²) in [4.78, 5) is 11.3. The maximum absolute atomic E-state index is 6.08. The van der Waals surface area contributed by atoms with Gasteiger partial charge in [0.25, 0.3) is 0 Å². The smallest absolute Gasteiger partial charge is 0.227 e. The van der Waals surface area contributed by atoms with Gasteiger partial charge in [-0.2, -0.15) is 4.98 Å². The molecule has 133 valence electrons. The number of nitrogens with one attached hydrogen (secondary N) is 1. The van der Waals surface area contributed by atoms with Crippen LogP contribution in [-0.2, 0) is 0 Å². The first-order valence-electron chi connectivity index (χ1n) is 8.53. The Morgan fingerprint density at radius 2 is 2.00 bits per heavy atom.